The summed E-state index contributed by atoms with van der Waals surface area (Å²) in [5.74, 6) is -0.0806. The lowest BCUT2D eigenvalue weighted by molar-refractivity contribution is -0.138. The van der Waals surface area contributed by atoms with E-state index in [9.17, 15) is 26.7 Å². The van der Waals surface area contributed by atoms with Gasteiger partial charge >= 0.3 is 12.1 Å². The van der Waals surface area contributed by atoms with E-state index in [1.807, 2.05) is 30.3 Å². The van der Waals surface area contributed by atoms with Crippen molar-refractivity contribution in [2.45, 2.75) is 26.1 Å². The molecule has 206 valence electrons. The number of hydrogen-bond donors (Lipinski definition) is 0. The minimum atomic E-state index is -4.61. The van der Waals surface area contributed by atoms with Gasteiger partial charge in [0, 0.05) is 11.6 Å². The van der Waals surface area contributed by atoms with Gasteiger partial charge in [-0.25, -0.2) is 13.6 Å². The summed E-state index contributed by atoms with van der Waals surface area (Å²) >= 11 is 0. The van der Waals surface area contributed by atoms with Crippen molar-refractivity contribution >= 4 is 12.0 Å². The molecular formula is C32H25F5O3. The Kier molecular flexibility index (Phi) is 8.99. The lowest BCUT2D eigenvalue weighted by Gasteiger charge is -2.16. The Hall–Kier alpha value is -4.46. The molecule has 0 aromatic heterocycles. The van der Waals surface area contributed by atoms with Crippen LogP contribution in [0.5, 0.6) is 5.75 Å². The van der Waals surface area contributed by atoms with Gasteiger partial charge in [-0.05, 0) is 76.7 Å². The maximum absolute atomic E-state index is 14.2. The van der Waals surface area contributed by atoms with Crippen molar-refractivity contribution in [1.82, 2.24) is 0 Å². The van der Waals surface area contributed by atoms with Crippen LogP contribution in [0.4, 0.5) is 22.0 Å². The van der Waals surface area contributed by atoms with Crippen LogP contribution in [0, 0.1) is 0 Å². The van der Waals surface area contributed by atoms with Gasteiger partial charge in [0.2, 0.25) is 0 Å². The smallest absolute Gasteiger partial charge is 0.416 e. The fraction of sp³-hybridized carbons (Fsp3) is 0.156. The minimum absolute atomic E-state index is 0.00344. The van der Waals surface area contributed by atoms with E-state index in [1.165, 1.54) is 36.4 Å². The zero-order valence-electron chi connectivity index (χ0n) is 21.4. The number of esters is 1. The number of ether oxygens (including phenoxy) is 2. The third-order valence-corrected chi connectivity index (χ3v) is 6.06. The summed E-state index contributed by atoms with van der Waals surface area (Å²) in [7, 11) is 0. The molecule has 0 radical (unpaired) electrons. The van der Waals surface area contributed by atoms with Gasteiger partial charge in [0.25, 0.3) is 6.43 Å². The van der Waals surface area contributed by atoms with Crippen LogP contribution in [0.25, 0.3) is 28.3 Å². The average Bonchev–Trinajstić information content (AvgIpc) is 2.95. The molecule has 4 aromatic rings. The summed E-state index contributed by atoms with van der Waals surface area (Å²) in [6.45, 7) is 2.15. The van der Waals surface area contributed by atoms with Gasteiger partial charge in [-0.2, -0.15) is 13.2 Å². The summed E-state index contributed by atoms with van der Waals surface area (Å²) in [5.41, 5.74) is 1.05. The van der Waals surface area contributed by atoms with Crippen LogP contribution in [-0.4, -0.2) is 12.6 Å². The largest absolute Gasteiger partial charge is 0.489 e. The molecule has 0 unspecified atom stereocenters. The predicted octanol–water partition coefficient (Wildman–Crippen LogP) is 9.13. The van der Waals surface area contributed by atoms with Crippen LogP contribution < -0.4 is 4.74 Å². The second-order valence-corrected chi connectivity index (χ2v) is 8.79. The first-order valence-electron chi connectivity index (χ1n) is 12.4. The molecule has 3 nitrogen and oxygen atoms in total. The number of rotatable bonds is 9. The summed E-state index contributed by atoms with van der Waals surface area (Å²) in [4.78, 5) is 12.0. The Labute approximate surface area is 228 Å². The van der Waals surface area contributed by atoms with Gasteiger partial charge in [0.05, 0.1) is 12.2 Å². The standard InChI is InChI=1S/C32H25F5O3/c1-2-39-30(38)16-12-23-18-26(40-20-21-7-4-3-5-8-21)13-15-27(23)24-11-14-28(29(19-24)31(33)34)22-9-6-10-25(17-22)32(35,36)37/h3-19,31H,2,20H2,1H3. The monoisotopic (exact) mass is 552 g/mol. The molecule has 0 N–H and O–H groups in total. The molecule has 0 saturated heterocycles. The molecule has 0 heterocycles. The third-order valence-electron chi connectivity index (χ3n) is 6.06. The molecule has 0 saturated carbocycles. The van der Waals surface area contributed by atoms with Crippen molar-refractivity contribution in [3.63, 3.8) is 0 Å². The molecular weight excluding hydrogens is 527 g/mol. The lowest BCUT2D eigenvalue weighted by Crippen LogP contribution is -2.04. The molecule has 0 bridgehead atoms. The van der Waals surface area contributed by atoms with Gasteiger partial charge in [-0.15, -0.1) is 0 Å². The first-order valence-corrected chi connectivity index (χ1v) is 12.4. The highest BCUT2D eigenvalue weighted by atomic mass is 19.4. The highest BCUT2D eigenvalue weighted by molar-refractivity contribution is 5.89. The molecule has 0 aliphatic heterocycles. The third kappa shape index (κ3) is 7.14. The number of benzene rings is 4. The highest BCUT2D eigenvalue weighted by Gasteiger charge is 2.30. The van der Waals surface area contributed by atoms with Crippen molar-refractivity contribution < 1.29 is 36.2 Å². The number of carbonyl (C=O) groups is 1. The Balaban J connectivity index is 1.74. The summed E-state index contributed by atoms with van der Waals surface area (Å²) in [6, 6.07) is 23.0. The molecule has 40 heavy (non-hydrogen) atoms. The summed E-state index contributed by atoms with van der Waals surface area (Å²) in [6.07, 6.45) is -4.82. The topological polar surface area (TPSA) is 35.5 Å². The molecule has 0 aliphatic rings. The number of halogens is 5. The zero-order valence-corrected chi connectivity index (χ0v) is 21.4. The number of carbonyl (C=O) groups excluding carboxylic acids is 1. The van der Waals surface area contributed by atoms with Gasteiger partial charge in [-0.3, -0.25) is 0 Å². The maximum Gasteiger partial charge on any atom is 0.416 e. The maximum atomic E-state index is 14.2. The molecule has 0 aliphatic carbocycles. The van der Waals surface area contributed by atoms with Crippen molar-refractivity contribution in [3.8, 4) is 28.0 Å². The molecule has 0 spiro atoms. The highest BCUT2D eigenvalue weighted by Crippen LogP contribution is 2.39. The Morgan fingerprint density at radius 2 is 1.57 bits per heavy atom. The Morgan fingerprint density at radius 3 is 2.27 bits per heavy atom. The zero-order chi connectivity index (χ0) is 28.7. The van der Waals surface area contributed by atoms with E-state index < -0.39 is 29.7 Å². The van der Waals surface area contributed by atoms with E-state index in [0.29, 0.717) is 29.0 Å². The van der Waals surface area contributed by atoms with E-state index in [2.05, 4.69) is 0 Å². The fourth-order valence-corrected chi connectivity index (χ4v) is 4.16. The normalized spacial score (nSPS) is 11.7. The first kappa shape index (κ1) is 28.5. The van der Waals surface area contributed by atoms with Crippen molar-refractivity contribution in [1.29, 1.82) is 0 Å². The number of alkyl halides is 5. The van der Waals surface area contributed by atoms with Crippen LogP contribution in [0.3, 0.4) is 0 Å². The van der Waals surface area contributed by atoms with E-state index in [-0.39, 0.29) is 17.7 Å². The number of hydrogen-bond acceptors (Lipinski definition) is 3. The predicted molar refractivity (Wildman–Crippen MR) is 144 cm³/mol. The summed E-state index contributed by atoms with van der Waals surface area (Å²) < 4.78 is 78.9. The Morgan fingerprint density at radius 1 is 0.850 bits per heavy atom. The molecule has 0 atom stereocenters. The minimum Gasteiger partial charge on any atom is -0.489 e. The van der Waals surface area contributed by atoms with E-state index >= 15 is 0 Å². The van der Waals surface area contributed by atoms with Gasteiger partial charge < -0.3 is 9.47 Å². The van der Waals surface area contributed by atoms with Crippen molar-refractivity contribution in [2.24, 2.45) is 0 Å². The molecule has 4 aromatic carbocycles. The van der Waals surface area contributed by atoms with Gasteiger partial charge in [0.15, 0.2) is 0 Å². The average molecular weight is 553 g/mol. The van der Waals surface area contributed by atoms with Gasteiger partial charge in [0.1, 0.15) is 12.4 Å². The SMILES string of the molecule is CCOC(=O)C=Cc1cc(OCc2ccccc2)ccc1-c1ccc(-c2cccc(C(F)(F)F)c2)c(C(F)F)c1. The van der Waals surface area contributed by atoms with Crippen LogP contribution in [0.2, 0.25) is 0 Å². The van der Waals surface area contributed by atoms with Crippen LogP contribution in [0.15, 0.2) is 97.1 Å². The van der Waals surface area contributed by atoms with Crippen LogP contribution >= 0.6 is 0 Å². The second-order valence-electron chi connectivity index (χ2n) is 8.79. The quantitative estimate of drug-likeness (QED) is 0.118. The first-order chi connectivity index (χ1) is 19.2. The second kappa shape index (κ2) is 12.6. The molecule has 0 fully saturated rings. The van der Waals surface area contributed by atoms with Crippen molar-refractivity contribution in [3.05, 3.63) is 119 Å². The molecule has 4 rings (SSSR count). The fourth-order valence-electron chi connectivity index (χ4n) is 4.16. The molecule has 0 amide bonds. The van der Waals surface area contributed by atoms with E-state index in [4.69, 9.17) is 9.47 Å². The van der Waals surface area contributed by atoms with E-state index in [0.717, 1.165) is 17.7 Å². The molecule has 8 heteroatoms. The lowest BCUT2D eigenvalue weighted by atomic mass is 9.92. The Bertz CT molecular complexity index is 1490. The summed E-state index contributed by atoms with van der Waals surface area (Å²) in [5, 5.41) is 0. The van der Waals surface area contributed by atoms with Crippen molar-refractivity contribution in [2.75, 3.05) is 6.61 Å². The van der Waals surface area contributed by atoms with E-state index in [1.54, 1.807) is 31.2 Å². The van der Waals surface area contributed by atoms with Crippen LogP contribution in [0.1, 0.15) is 35.6 Å². The van der Waals surface area contributed by atoms with Crippen LogP contribution in [-0.2, 0) is 22.3 Å². The van der Waals surface area contributed by atoms with Gasteiger partial charge in [-0.1, -0.05) is 60.7 Å².